The highest BCUT2D eigenvalue weighted by atomic mass is 32.1. The molecular weight excluding hydrogens is 338 g/mol. The molecule has 0 aliphatic carbocycles. The molecule has 2 heterocycles. The summed E-state index contributed by atoms with van der Waals surface area (Å²) in [5.41, 5.74) is 3.70. The molecule has 0 saturated carbocycles. The number of rotatable bonds is 3. The molecule has 1 saturated heterocycles. The maximum absolute atomic E-state index is 12.7. The summed E-state index contributed by atoms with van der Waals surface area (Å²) < 4.78 is 5.52. The van der Waals surface area contributed by atoms with Gasteiger partial charge in [0.25, 0.3) is 11.8 Å². The molecule has 0 bridgehead atoms. The molecule has 0 unspecified atom stereocenters. The van der Waals surface area contributed by atoms with Gasteiger partial charge in [-0.2, -0.15) is 5.01 Å². The second-order valence-electron chi connectivity index (χ2n) is 6.11. The van der Waals surface area contributed by atoms with Gasteiger partial charge in [0, 0.05) is 18.5 Å². The normalized spacial score (nSPS) is 19.4. The topological polar surface area (TPSA) is 70.7 Å². The van der Waals surface area contributed by atoms with Crippen LogP contribution in [0.25, 0.3) is 10.8 Å². The zero-order valence-electron chi connectivity index (χ0n) is 13.5. The van der Waals surface area contributed by atoms with Crippen LogP contribution in [0, 0.1) is 0 Å². The highest BCUT2D eigenvalue weighted by molar-refractivity contribution is 7.80. The van der Waals surface area contributed by atoms with Crippen LogP contribution in [-0.4, -0.2) is 41.2 Å². The lowest BCUT2D eigenvalue weighted by molar-refractivity contribution is 0.0565. The fourth-order valence-electron chi connectivity index (χ4n) is 3.29. The predicted octanol–water partition coefficient (Wildman–Crippen LogP) is 1.99. The average molecular weight is 355 g/mol. The Labute approximate surface area is 150 Å². The van der Waals surface area contributed by atoms with Crippen LogP contribution in [0.15, 0.2) is 36.4 Å². The molecule has 7 heteroatoms. The fourth-order valence-corrected chi connectivity index (χ4v) is 3.46. The first-order valence-corrected chi connectivity index (χ1v) is 8.62. The van der Waals surface area contributed by atoms with Crippen LogP contribution in [0.1, 0.15) is 33.6 Å². The van der Waals surface area contributed by atoms with E-state index in [9.17, 15) is 9.59 Å². The molecule has 128 valence electrons. The van der Waals surface area contributed by atoms with Gasteiger partial charge in [0.15, 0.2) is 5.11 Å². The zero-order valence-corrected chi connectivity index (χ0v) is 14.3. The third-order valence-corrected chi connectivity index (χ3v) is 4.73. The van der Waals surface area contributed by atoms with E-state index in [2.05, 4.69) is 10.7 Å². The number of imide groups is 1. The molecule has 4 rings (SSSR count). The molecule has 2 N–H and O–H groups in total. The Morgan fingerprint density at radius 2 is 1.84 bits per heavy atom. The maximum atomic E-state index is 12.7. The Kier molecular flexibility index (Phi) is 4.10. The van der Waals surface area contributed by atoms with Crippen molar-refractivity contribution in [2.45, 2.75) is 18.9 Å². The van der Waals surface area contributed by atoms with Gasteiger partial charge < -0.3 is 10.1 Å². The van der Waals surface area contributed by atoms with Crippen LogP contribution >= 0.6 is 12.2 Å². The summed E-state index contributed by atoms with van der Waals surface area (Å²) in [6, 6.07) is 10.8. The Morgan fingerprint density at radius 1 is 1.16 bits per heavy atom. The minimum absolute atomic E-state index is 0.113. The van der Waals surface area contributed by atoms with E-state index in [-0.39, 0.29) is 11.2 Å². The number of hydrogen-bond acceptors (Lipinski definition) is 4. The van der Waals surface area contributed by atoms with Crippen molar-refractivity contribution < 1.29 is 14.3 Å². The first-order valence-electron chi connectivity index (χ1n) is 8.22. The van der Waals surface area contributed by atoms with E-state index in [1.165, 1.54) is 0 Å². The van der Waals surface area contributed by atoms with E-state index in [1.807, 2.05) is 12.1 Å². The lowest BCUT2D eigenvalue weighted by atomic mass is 9.95. The maximum Gasteiger partial charge on any atom is 0.280 e. The smallest absolute Gasteiger partial charge is 0.280 e. The van der Waals surface area contributed by atoms with Crippen LogP contribution in [0.3, 0.4) is 0 Å². The number of hydrogen-bond donors (Lipinski definition) is 2. The van der Waals surface area contributed by atoms with Gasteiger partial charge >= 0.3 is 0 Å². The van der Waals surface area contributed by atoms with Gasteiger partial charge in [0.05, 0.1) is 17.2 Å². The lowest BCUT2D eigenvalue weighted by Gasteiger charge is -2.28. The largest absolute Gasteiger partial charge is 0.376 e. The molecule has 2 amide bonds. The Hall–Kier alpha value is -2.51. The zero-order chi connectivity index (χ0) is 17.4. The van der Waals surface area contributed by atoms with Crippen molar-refractivity contribution in [1.82, 2.24) is 15.8 Å². The summed E-state index contributed by atoms with van der Waals surface area (Å²) >= 11 is 5.23. The minimum atomic E-state index is -0.407. The molecule has 2 aliphatic rings. The van der Waals surface area contributed by atoms with Crippen molar-refractivity contribution in [3.63, 3.8) is 0 Å². The van der Waals surface area contributed by atoms with E-state index in [1.54, 1.807) is 24.3 Å². The molecule has 2 aromatic rings. The summed E-state index contributed by atoms with van der Waals surface area (Å²) in [5, 5.41) is 5.77. The van der Waals surface area contributed by atoms with E-state index >= 15 is 0 Å². The van der Waals surface area contributed by atoms with E-state index < -0.39 is 11.8 Å². The van der Waals surface area contributed by atoms with Crippen LogP contribution < -0.4 is 10.7 Å². The highest BCUT2D eigenvalue weighted by Crippen LogP contribution is 2.29. The summed E-state index contributed by atoms with van der Waals surface area (Å²) in [6.07, 6.45) is 2.13. The predicted molar refractivity (Wildman–Crippen MR) is 97.2 cm³/mol. The molecule has 0 spiro atoms. The summed E-state index contributed by atoms with van der Waals surface area (Å²) in [7, 11) is 0. The number of hydrazine groups is 1. The Morgan fingerprint density at radius 3 is 2.44 bits per heavy atom. The molecule has 2 aromatic carbocycles. The number of nitrogens with one attached hydrogen (secondary N) is 2. The van der Waals surface area contributed by atoms with Crippen molar-refractivity contribution in [3.05, 3.63) is 47.5 Å². The second-order valence-corrected chi connectivity index (χ2v) is 6.52. The van der Waals surface area contributed by atoms with Gasteiger partial charge in [-0.05, 0) is 42.6 Å². The van der Waals surface area contributed by atoms with Crippen LogP contribution in [0.2, 0.25) is 0 Å². The summed E-state index contributed by atoms with van der Waals surface area (Å²) in [4.78, 5) is 25.5. The summed E-state index contributed by atoms with van der Waals surface area (Å²) in [6.45, 7) is 1.31. The Bertz CT molecular complexity index is 826. The standard InChI is InChI=1S/C18H17N3O3S/c22-16-13-7-1-4-11-5-2-8-14(15(11)13)17(23)21(16)20-18(25)19-10-12-6-3-9-24-12/h1-2,4-5,7-8,12H,3,6,9-10H2,(H2,19,20,25)/t12-/m0/s1. The average Bonchev–Trinajstić information content (AvgIpc) is 3.15. The third kappa shape index (κ3) is 2.85. The van der Waals surface area contributed by atoms with Gasteiger partial charge in [-0.25, -0.2) is 0 Å². The molecule has 0 radical (unpaired) electrons. The molecule has 1 fully saturated rings. The SMILES string of the molecule is O=C1c2cccc3cccc(c23)C(=O)N1NC(=S)NC[C@@H]1CCCO1. The van der Waals surface area contributed by atoms with Crippen LogP contribution in [-0.2, 0) is 4.74 Å². The van der Waals surface area contributed by atoms with Crippen LogP contribution in [0.4, 0.5) is 0 Å². The molecule has 2 aliphatic heterocycles. The number of carbonyl (C=O) groups excluding carboxylic acids is 2. The number of amides is 2. The first kappa shape index (κ1) is 16.0. The fraction of sp³-hybridized carbons (Fsp3) is 0.278. The van der Waals surface area contributed by atoms with Gasteiger partial charge in [-0.15, -0.1) is 0 Å². The number of thiocarbonyl (C=S) groups is 1. The van der Waals surface area contributed by atoms with Crippen molar-refractivity contribution in [1.29, 1.82) is 0 Å². The number of nitrogens with zero attached hydrogens (tertiary/aromatic N) is 1. The van der Waals surface area contributed by atoms with Crippen LogP contribution in [0.5, 0.6) is 0 Å². The first-order chi connectivity index (χ1) is 12.1. The minimum Gasteiger partial charge on any atom is -0.376 e. The summed E-state index contributed by atoms with van der Waals surface area (Å²) in [5.74, 6) is -0.814. The Balaban J connectivity index is 1.54. The quantitative estimate of drug-likeness (QED) is 0.648. The van der Waals surface area contributed by atoms with Crippen molar-refractivity contribution in [2.75, 3.05) is 13.2 Å². The van der Waals surface area contributed by atoms with Gasteiger partial charge in [0.1, 0.15) is 0 Å². The molecular formula is C18H17N3O3S. The van der Waals surface area contributed by atoms with Crippen molar-refractivity contribution >= 4 is 39.9 Å². The van der Waals surface area contributed by atoms with E-state index in [0.29, 0.717) is 23.1 Å². The third-order valence-electron chi connectivity index (χ3n) is 4.50. The molecule has 6 nitrogen and oxygen atoms in total. The monoisotopic (exact) mass is 355 g/mol. The second kappa shape index (κ2) is 6.42. The van der Waals surface area contributed by atoms with Gasteiger partial charge in [-0.3, -0.25) is 15.0 Å². The van der Waals surface area contributed by atoms with E-state index in [4.69, 9.17) is 17.0 Å². The number of ether oxygens (including phenoxy) is 1. The molecule has 0 aromatic heterocycles. The molecule has 25 heavy (non-hydrogen) atoms. The van der Waals surface area contributed by atoms with Crippen molar-refractivity contribution in [3.8, 4) is 0 Å². The lowest BCUT2D eigenvalue weighted by Crippen LogP contribution is -2.55. The van der Waals surface area contributed by atoms with E-state index in [0.717, 1.165) is 29.8 Å². The highest BCUT2D eigenvalue weighted by Gasteiger charge is 2.33. The van der Waals surface area contributed by atoms with Crippen molar-refractivity contribution in [2.24, 2.45) is 0 Å². The van der Waals surface area contributed by atoms with Gasteiger partial charge in [0.2, 0.25) is 0 Å². The van der Waals surface area contributed by atoms with Gasteiger partial charge in [-0.1, -0.05) is 24.3 Å². The number of carbonyl (C=O) groups is 2. The molecule has 1 atom stereocenters. The number of benzene rings is 2.